The van der Waals surface area contributed by atoms with Crippen LogP contribution in [-0.4, -0.2) is 11.6 Å². The lowest BCUT2D eigenvalue weighted by molar-refractivity contribution is 0.100. The number of benzene rings is 1. The van der Waals surface area contributed by atoms with E-state index in [-0.39, 0.29) is 0 Å². The second-order valence-corrected chi connectivity index (χ2v) is 6.43. The van der Waals surface area contributed by atoms with Crippen LogP contribution in [0.1, 0.15) is 42.5 Å². The van der Waals surface area contributed by atoms with Crippen LogP contribution in [0.4, 0.5) is 0 Å². The molecule has 1 fully saturated rings. The predicted molar refractivity (Wildman–Crippen MR) is 69.1 cm³/mol. The second-order valence-electron chi connectivity index (χ2n) is 4.53. The molecule has 0 heterocycles. The van der Waals surface area contributed by atoms with Crippen molar-refractivity contribution < 1.29 is 9.36 Å². The number of nitrogens with two attached hydrogens (primary N) is 1. The smallest absolute Gasteiger partial charge is 0.248 e. The number of hydrogen-bond donors (Lipinski definition) is 1. The molecule has 4 heteroatoms. The van der Waals surface area contributed by atoms with Crippen molar-refractivity contribution in [3.05, 3.63) is 29.8 Å². The Balaban J connectivity index is 2.10. The molecule has 17 heavy (non-hydrogen) atoms. The Kier molecular flexibility index (Phi) is 3.90. The first kappa shape index (κ1) is 12.3. The zero-order valence-corrected chi connectivity index (χ0v) is 10.7. The molecule has 91 valence electrons. The van der Waals surface area contributed by atoms with Crippen molar-refractivity contribution in [3.63, 3.8) is 0 Å². The minimum Gasteiger partial charge on any atom is -0.366 e. The average molecular weight is 250 g/mol. The van der Waals surface area contributed by atoms with Crippen molar-refractivity contribution in [1.82, 2.24) is 0 Å². The van der Waals surface area contributed by atoms with Crippen LogP contribution in [0.2, 0.25) is 0 Å². The summed E-state index contributed by atoms with van der Waals surface area (Å²) in [5, 5.41) is 0.844. The summed E-state index contributed by atoms with van der Waals surface area (Å²) in [6.07, 6.45) is 5.76. The molecule has 0 aromatic heterocycles. The topological polar surface area (TPSA) is 60.2 Å². The summed E-state index contributed by atoms with van der Waals surface area (Å²) in [6, 6.07) is 6.86. The zero-order valence-electron chi connectivity index (χ0n) is 9.76. The van der Waals surface area contributed by atoms with Crippen molar-refractivity contribution in [1.29, 1.82) is 0 Å². The highest BCUT2D eigenvalue weighted by atomic mass is 31.1. The molecule has 1 aliphatic carbocycles. The van der Waals surface area contributed by atoms with Crippen LogP contribution in [0.5, 0.6) is 0 Å². The van der Waals surface area contributed by atoms with E-state index >= 15 is 0 Å². The van der Waals surface area contributed by atoms with E-state index < -0.39 is 13.7 Å². The van der Waals surface area contributed by atoms with Gasteiger partial charge in [-0.05, 0) is 37.1 Å². The van der Waals surface area contributed by atoms with Crippen molar-refractivity contribution in [2.75, 3.05) is 0 Å². The van der Waals surface area contributed by atoms with Gasteiger partial charge in [0.1, 0.15) is 7.80 Å². The predicted octanol–water partition coefficient (Wildman–Crippen LogP) is 2.57. The monoisotopic (exact) mass is 250 g/mol. The molecule has 1 saturated carbocycles. The summed E-state index contributed by atoms with van der Waals surface area (Å²) in [5.41, 5.74) is 5.96. The Morgan fingerprint density at radius 1 is 1.12 bits per heavy atom. The van der Waals surface area contributed by atoms with Gasteiger partial charge >= 0.3 is 0 Å². The fourth-order valence-corrected chi connectivity index (χ4v) is 4.00. The van der Waals surface area contributed by atoms with E-state index in [0.29, 0.717) is 11.2 Å². The second kappa shape index (κ2) is 5.42. The lowest BCUT2D eigenvalue weighted by Gasteiger charge is -2.20. The van der Waals surface area contributed by atoms with Gasteiger partial charge < -0.3 is 5.73 Å². The number of hydrogen-bond acceptors (Lipinski definition) is 2. The molecule has 0 spiro atoms. The SMILES string of the molecule is NC(=O)c1ccc([P](=O)C2CCCCC2)cc1. The quantitative estimate of drug-likeness (QED) is 0.838. The first-order valence-corrected chi connectivity index (χ1v) is 7.37. The van der Waals surface area contributed by atoms with Crippen molar-refractivity contribution in [3.8, 4) is 0 Å². The molecule has 1 unspecified atom stereocenters. The van der Waals surface area contributed by atoms with Gasteiger partial charge in [0.2, 0.25) is 5.91 Å². The molecule has 1 aliphatic rings. The Bertz CT molecular complexity index is 422. The van der Waals surface area contributed by atoms with Crippen LogP contribution in [0.3, 0.4) is 0 Å². The van der Waals surface area contributed by atoms with E-state index in [9.17, 15) is 9.36 Å². The minimum atomic E-state index is -1.33. The largest absolute Gasteiger partial charge is 0.366 e. The van der Waals surface area contributed by atoms with Crippen molar-refractivity contribution in [2.45, 2.75) is 37.8 Å². The maximum absolute atomic E-state index is 12.3. The summed E-state index contributed by atoms with van der Waals surface area (Å²) >= 11 is 0. The summed E-state index contributed by atoms with van der Waals surface area (Å²) in [4.78, 5) is 10.9. The normalized spacial score (nSPS) is 17.8. The Morgan fingerprint density at radius 2 is 1.71 bits per heavy atom. The van der Waals surface area contributed by atoms with Gasteiger partial charge in [0, 0.05) is 16.5 Å². The van der Waals surface area contributed by atoms with Crippen LogP contribution >= 0.6 is 7.80 Å². The fraction of sp³-hybridized carbons (Fsp3) is 0.462. The molecule has 1 atom stereocenters. The third-order valence-corrected chi connectivity index (χ3v) is 5.30. The van der Waals surface area contributed by atoms with E-state index in [4.69, 9.17) is 5.73 Å². The van der Waals surface area contributed by atoms with Crippen LogP contribution < -0.4 is 11.0 Å². The summed E-state index contributed by atoms with van der Waals surface area (Å²) < 4.78 is 12.3. The molecule has 2 N–H and O–H groups in total. The highest BCUT2D eigenvalue weighted by Crippen LogP contribution is 2.37. The molecule has 1 radical (unpaired) electrons. The molecule has 0 bridgehead atoms. The Hall–Kier alpha value is -1.21. The Labute approximate surface area is 102 Å². The summed E-state index contributed by atoms with van der Waals surface area (Å²) in [6.45, 7) is 0. The third-order valence-electron chi connectivity index (χ3n) is 3.31. The van der Waals surface area contributed by atoms with Gasteiger partial charge in [-0.1, -0.05) is 19.3 Å². The standard InChI is InChI=1S/C13H17NO2P/c14-13(15)10-6-8-12(9-7-10)17(16)11-4-2-1-3-5-11/h6-9,11H,1-5H2,(H2,14,15). The van der Waals surface area contributed by atoms with Crippen LogP contribution in [0.15, 0.2) is 24.3 Å². The molecular weight excluding hydrogens is 233 g/mol. The Morgan fingerprint density at radius 3 is 2.24 bits per heavy atom. The first-order valence-electron chi connectivity index (χ1n) is 6.05. The summed E-state index contributed by atoms with van der Waals surface area (Å²) in [7, 11) is -1.33. The van der Waals surface area contributed by atoms with Crippen molar-refractivity contribution >= 4 is 19.0 Å². The first-order chi connectivity index (χ1) is 8.18. The average Bonchev–Trinajstić information content (AvgIpc) is 2.39. The number of carbonyl (C=O) groups is 1. The van der Waals surface area contributed by atoms with Gasteiger partial charge in [0.05, 0.1) is 0 Å². The van der Waals surface area contributed by atoms with E-state index in [1.54, 1.807) is 24.3 Å². The molecule has 0 aliphatic heterocycles. The number of primary amides is 1. The minimum absolute atomic E-state index is 0.318. The van der Waals surface area contributed by atoms with Gasteiger partial charge in [-0.2, -0.15) is 0 Å². The molecule has 1 amide bonds. The fourth-order valence-electron chi connectivity index (χ4n) is 2.30. The third kappa shape index (κ3) is 2.92. The lowest BCUT2D eigenvalue weighted by Crippen LogP contribution is -2.15. The maximum Gasteiger partial charge on any atom is 0.248 e. The van der Waals surface area contributed by atoms with E-state index in [1.807, 2.05) is 0 Å². The van der Waals surface area contributed by atoms with E-state index in [1.165, 1.54) is 19.3 Å². The van der Waals surface area contributed by atoms with Crippen LogP contribution in [-0.2, 0) is 4.57 Å². The van der Waals surface area contributed by atoms with E-state index in [0.717, 1.165) is 18.1 Å². The van der Waals surface area contributed by atoms with Crippen LogP contribution in [0, 0.1) is 0 Å². The maximum atomic E-state index is 12.3. The van der Waals surface area contributed by atoms with E-state index in [2.05, 4.69) is 0 Å². The molecule has 3 nitrogen and oxygen atoms in total. The number of rotatable bonds is 3. The molecule has 1 aromatic carbocycles. The molecule has 0 saturated heterocycles. The number of amides is 1. The molecule has 1 aromatic rings. The van der Waals surface area contributed by atoms with Gasteiger partial charge in [0.15, 0.2) is 0 Å². The molecular formula is C13H17NO2P. The van der Waals surface area contributed by atoms with Gasteiger partial charge in [-0.3, -0.25) is 9.36 Å². The van der Waals surface area contributed by atoms with Gasteiger partial charge in [0.25, 0.3) is 0 Å². The highest BCUT2D eigenvalue weighted by Gasteiger charge is 2.21. The number of carbonyl (C=O) groups excluding carboxylic acids is 1. The molecule has 2 rings (SSSR count). The zero-order chi connectivity index (χ0) is 12.3. The van der Waals surface area contributed by atoms with Gasteiger partial charge in [-0.15, -0.1) is 0 Å². The lowest BCUT2D eigenvalue weighted by atomic mass is 10.0. The van der Waals surface area contributed by atoms with Crippen LogP contribution in [0.25, 0.3) is 0 Å². The van der Waals surface area contributed by atoms with Crippen molar-refractivity contribution in [2.24, 2.45) is 5.73 Å². The van der Waals surface area contributed by atoms with Gasteiger partial charge in [-0.25, -0.2) is 0 Å². The highest BCUT2D eigenvalue weighted by molar-refractivity contribution is 7.54. The summed E-state index contributed by atoms with van der Waals surface area (Å²) in [5.74, 6) is -0.440.